The van der Waals surface area contributed by atoms with Gasteiger partial charge in [-0.25, -0.2) is 4.79 Å². The fraction of sp³-hybridized carbons (Fsp3) is 0.679. The predicted molar refractivity (Wildman–Crippen MR) is 140 cm³/mol. The van der Waals surface area contributed by atoms with Crippen molar-refractivity contribution in [1.29, 1.82) is 0 Å². The first-order valence-electron chi connectivity index (χ1n) is 12.7. The second-order valence-electron chi connectivity index (χ2n) is 11.8. The fourth-order valence-corrected chi connectivity index (χ4v) is 5.87. The largest absolute Gasteiger partial charge is 0.463 e. The lowest BCUT2D eigenvalue weighted by Gasteiger charge is -2.57. The van der Waals surface area contributed by atoms with E-state index in [0.29, 0.717) is 31.6 Å². The Morgan fingerprint density at radius 2 is 1.86 bits per heavy atom. The summed E-state index contributed by atoms with van der Waals surface area (Å²) in [6.07, 6.45) is 2.34. The average Bonchev–Trinajstić information content (AvgIpc) is 2.77. The SMILES string of the molecule is CCOC(=O)/C(C)=C/C[C@]1(C)O[C@]2(C)CO[C@@H](c3ccccc3)O[C@H]2C[C@H]1O[Si](C)(C)C(C)(C)C. The lowest BCUT2D eigenvalue weighted by molar-refractivity contribution is -0.354. The Morgan fingerprint density at radius 1 is 1.20 bits per heavy atom. The van der Waals surface area contributed by atoms with Gasteiger partial charge in [-0.2, -0.15) is 0 Å². The van der Waals surface area contributed by atoms with Gasteiger partial charge in [-0.1, -0.05) is 57.2 Å². The zero-order valence-corrected chi connectivity index (χ0v) is 24.0. The minimum Gasteiger partial charge on any atom is -0.463 e. The van der Waals surface area contributed by atoms with Crippen molar-refractivity contribution >= 4 is 14.3 Å². The summed E-state index contributed by atoms with van der Waals surface area (Å²) >= 11 is 0. The van der Waals surface area contributed by atoms with Crippen molar-refractivity contribution in [2.75, 3.05) is 13.2 Å². The Bertz CT molecular complexity index is 908. The third-order valence-corrected chi connectivity index (χ3v) is 12.3. The lowest BCUT2D eigenvalue weighted by Crippen LogP contribution is -2.66. The highest BCUT2D eigenvalue weighted by molar-refractivity contribution is 6.74. The molecule has 6 nitrogen and oxygen atoms in total. The second-order valence-corrected chi connectivity index (χ2v) is 16.6. The number of ether oxygens (including phenoxy) is 4. The van der Waals surface area contributed by atoms with E-state index in [1.54, 1.807) is 6.92 Å². The maximum absolute atomic E-state index is 12.2. The summed E-state index contributed by atoms with van der Waals surface area (Å²) < 4.78 is 31.7. The number of hydrogen-bond acceptors (Lipinski definition) is 6. The molecule has 0 aliphatic carbocycles. The van der Waals surface area contributed by atoms with Crippen LogP contribution in [-0.2, 0) is 28.2 Å². The van der Waals surface area contributed by atoms with Gasteiger partial charge in [0.05, 0.1) is 31.0 Å². The van der Waals surface area contributed by atoms with Crippen molar-refractivity contribution in [3.05, 3.63) is 47.5 Å². The van der Waals surface area contributed by atoms with E-state index in [2.05, 4.69) is 47.7 Å². The van der Waals surface area contributed by atoms with Crippen molar-refractivity contribution in [1.82, 2.24) is 0 Å². The zero-order valence-electron chi connectivity index (χ0n) is 23.0. The molecule has 196 valence electrons. The normalized spacial score (nSPS) is 32.1. The summed E-state index contributed by atoms with van der Waals surface area (Å²) in [6, 6.07) is 10.0. The molecule has 2 fully saturated rings. The van der Waals surface area contributed by atoms with E-state index in [0.717, 1.165) is 5.56 Å². The van der Waals surface area contributed by atoms with Crippen LogP contribution in [0.1, 0.15) is 73.2 Å². The Morgan fingerprint density at radius 3 is 2.46 bits per heavy atom. The monoisotopic (exact) mass is 504 g/mol. The highest BCUT2D eigenvalue weighted by atomic mass is 28.4. The predicted octanol–water partition coefficient (Wildman–Crippen LogP) is 6.33. The number of rotatable bonds is 7. The molecule has 35 heavy (non-hydrogen) atoms. The number of carbonyl (C=O) groups excluding carboxylic acids is 1. The van der Waals surface area contributed by atoms with Crippen LogP contribution >= 0.6 is 0 Å². The maximum atomic E-state index is 12.2. The van der Waals surface area contributed by atoms with Gasteiger partial charge in [0.25, 0.3) is 0 Å². The van der Waals surface area contributed by atoms with Crippen LogP contribution in [0.2, 0.25) is 18.1 Å². The standard InChI is InChI=1S/C28H44O6Si/c1-10-30-24(29)20(2)16-17-27(6)23(33-35(8,9)26(3,4)5)18-22-28(7,34-27)19-31-25(32-22)21-14-12-11-13-15-21/h11-16,22-23,25H,10,17-19H2,1-9H3/b20-16+/t22-,23+,25+,27-,28+/m0/s1. The molecule has 7 heteroatoms. The molecule has 1 aromatic rings. The molecule has 0 spiro atoms. The Balaban J connectivity index is 1.89. The molecular weight excluding hydrogens is 460 g/mol. The summed E-state index contributed by atoms with van der Waals surface area (Å²) in [7, 11) is -2.11. The quantitative estimate of drug-likeness (QED) is 0.246. The topological polar surface area (TPSA) is 63.2 Å². The van der Waals surface area contributed by atoms with Gasteiger partial charge in [0.2, 0.25) is 0 Å². The molecule has 0 N–H and O–H groups in total. The summed E-state index contributed by atoms with van der Waals surface area (Å²) in [6.45, 7) is 19.8. The summed E-state index contributed by atoms with van der Waals surface area (Å²) in [5, 5.41) is 0.0501. The number of esters is 1. The molecule has 2 heterocycles. The van der Waals surface area contributed by atoms with E-state index in [1.807, 2.05) is 43.3 Å². The molecule has 0 saturated carbocycles. The molecule has 2 aliphatic rings. The average molecular weight is 505 g/mol. The van der Waals surface area contributed by atoms with Gasteiger partial charge < -0.3 is 23.4 Å². The fourth-order valence-electron chi connectivity index (χ4n) is 4.46. The first kappa shape index (κ1) is 28.1. The molecule has 0 unspecified atom stereocenters. The minimum atomic E-state index is -2.11. The number of fused-ring (bicyclic) bond motifs is 1. The molecule has 1 aromatic carbocycles. The molecule has 3 rings (SSSR count). The molecule has 5 atom stereocenters. The van der Waals surface area contributed by atoms with Crippen molar-refractivity contribution in [3.8, 4) is 0 Å². The number of hydrogen-bond donors (Lipinski definition) is 0. The third-order valence-electron chi connectivity index (χ3n) is 7.79. The molecule has 0 amide bonds. The van der Waals surface area contributed by atoms with E-state index in [4.69, 9.17) is 23.4 Å². The molecule has 0 bridgehead atoms. The lowest BCUT2D eigenvalue weighted by atomic mass is 9.80. The van der Waals surface area contributed by atoms with Crippen LogP contribution in [0.5, 0.6) is 0 Å². The van der Waals surface area contributed by atoms with Crippen molar-refractivity contribution in [3.63, 3.8) is 0 Å². The van der Waals surface area contributed by atoms with E-state index in [-0.39, 0.29) is 23.2 Å². The van der Waals surface area contributed by atoms with Crippen molar-refractivity contribution in [2.24, 2.45) is 0 Å². The van der Waals surface area contributed by atoms with Gasteiger partial charge in [-0.3, -0.25) is 0 Å². The van der Waals surface area contributed by atoms with Crippen molar-refractivity contribution in [2.45, 2.75) is 109 Å². The van der Waals surface area contributed by atoms with E-state index < -0.39 is 25.8 Å². The van der Waals surface area contributed by atoms with Crippen LogP contribution in [0.4, 0.5) is 0 Å². The van der Waals surface area contributed by atoms with Gasteiger partial charge >= 0.3 is 5.97 Å². The number of benzene rings is 1. The van der Waals surface area contributed by atoms with Crippen LogP contribution in [0, 0.1) is 0 Å². The van der Waals surface area contributed by atoms with E-state index in [9.17, 15) is 4.79 Å². The van der Waals surface area contributed by atoms with E-state index in [1.165, 1.54) is 0 Å². The summed E-state index contributed by atoms with van der Waals surface area (Å²) in [5.74, 6) is -0.298. The second kappa shape index (κ2) is 10.5. The van der Waals surface area contributed by atoms with Crippen LogP contribution in [0.25, 0.3) is 0 Å². The van der Waals surface area contributed by atoms with Gasteiger partial charge in [-0.15, -0.1) is 0 Å². The third kappa shape index (κ3) is 6.25. The van der Waals surface area contributed by atoms with Crippen molar-refractivity contribution < 1.29 is 28.2 Å². The van der Waals surface area contributed by atoms with Gasteiger partial charge in [0, 0.05) is 17.6 Å². The van der Waals surface area contributed by atoms with Crippen LogP contribution in [-0.4, -0.2) is 50.9 Å². The minimum absolute atomic E-state index is 0.0501. The molecule has 0 radical (unpaired) electrons. The molecule has 2 aliphatic heterocycles. The van der Waals surface area contributed by atoms with Crippen LogP contribution < -0.4 is 0 Å². The maximum Gasteiger partial charge on any atom is 0.333 e. The first-order chi connectivity index (χ1) is 16.2. The van der Waals surface area contributed by atoms with Gasteiger partial charge in [-0.05, 0) is 52.2 Å². The van der Waals surface area contributed by atoms with Gasteiger partial charge in [0.15, 0.2) is 14.6 Å². The summed E-state index contributed by atoms with van der Waals surface area (Å²) in [4.78, 5) is 12.2. The highest BCUT2D eigenvalue weighted by Crippen LogP contribution is 2.48. The van der Waals surface area contributed by atoms with E-state index >= 15 is 0 Å². The Hall–Kier alpha value is -1.51. The first-order valence-corrected chi connectivity index (χ1v) is 15.7. The van der Waals surface area contributed by atoms with Crippen LogP contribution in [0.3, 0.4) is 0 Å². The summed E-state index contributed by atoms with van der Waals surface area (Å²) in [5.41, 5.74) is 0.299. The zero-order chi connectivity index (χ0) is 26.1. The Labute approximate surface area is 212 Å². The molecule has 0 aromatic heterocycles. The Kier molecular flexibility index (Phi) is 8.39. The molecule has 2 saturated heterocycles. The number of carbonyl (C=O) groups is 1. The van der Waals surface area contributed by atoms with Crippen LogP contribution in [0.15, 0.2) is 42.0 Å². The highest BCUT2D eigenvalue weighted by Gasteiger charge is 2.57. The van der Waals surface area contributed by atoms with Gasteiger partial charge in [0.1, 0.15) is 5.60 Å². The molecular formula is C28H44O6Si. The smallest absolute Gasteiger partial charge is 0.333 e.